The summed E-state index contributed by atoms with van der Waals surface area (Å²) >= 11 is 0. The molecule has 0 aromatic rings. The van der Waals surface area contributed by atoms with Crippen LogP contribution < -0.4 is 5.32 Å². The third kappa shape index (κ3) is 3.43. The zero-order chi connectivity index (χ0) is 11.2. The molecular weight excluding hydrogens is 208 g/mol. The molecule has 2 aliphatic rings. The Morgan fingerprint density at radius 3 is 2.94 bits per heavy atom. The van der Waals surface area contributed by atoms with Crippen LogP contribution in [0.4, 0.5) is 0 Å². The lowest BCUT2D eigenvalue weighted by Gasteiger charge is -2.28. The summed E-state index contributed by atoms with van der Waals surface area (Å²) in [6.07, 6.45) is 2.40. The molecule has 0 saturated carbocycles. The largest absolute Gasteiger partial charge is 0.378 e. The van der Waals surface area contributed by atoms with Gasteiger partial charge in [-0.1, -0.05) is 0 Å². The zero-order valence-electron chi connectivity index (χ0n) is 9.61. The van der Waals surface area contributed by atoms with Crippen LogP contribution in [0.1, 0.15) is 12.8 Å². The summed E-state index contributed by atoms with van der Waals surface area (Å²) in [4.78, 5) is 13.6. The third-order valence-corrected chi connectivity index (χ3v) is 3.06. The highest BCUT2D eigenvalue weighted by molar-refractivity contribution is 5.77. The van der Waals surface area contributed by atoms with Gasteiger partial charge in [0.1, 0.15) is 6.61 Å². The average molecular weight is 228 g/mol. The number of carbonyl (C=O) groups is 1. The van der Waals surface area contributed by atoms with Crippen LogP contribution in [0.3, 0.4) is 0 Å². The molecule has 5 nitrogen and oxygen atoms in total. The zero-order valence-corrected chi connectivity index (χ0v) is 9.61. The van der Waals surface area contributed by atoms with E-state index in [1.807, 2.05) is 4.90 Å². The molecule has 5 heteroatoms. The molecule has 0 spiro atoms. The Kier molecular flexibility index (Phi) is 4.56. The van der Waals surface area contributed by atoms with Gasteiger partial charge in [-0.3, -0.25) is 4.79 Å². The minimum Gasteiger partial charge on any atom is -0.378 e. The summed E-state index contributed by atoms with van der Waals surface area (Å²) in [6.45, 7) is 4.85. The van der Waals surface area contributed by atoms with Crippen LogP contribution in [-0.4, -0.2) is 62.9 Å². The van der Waals surface area contributed by atoms with Crippen molar-refractivity contribution in [1.82, 2.24) is 10.2 Å². The van der Waals surface area contributed by atoms with Gasteiger partial charge in [-0.15, -0.1) is 0 Å². The van der Waals surface area contributed by atoms with E-state index in [-0.39, 0.29) is 18.6 Å². The van der Waals surface area contributed by atoms with Crippen molar-refractivity contribution in [3.63, 3.8) is 0 Å². The van der Waals surface area contributed by atoms with Gasteiger partial charge in [0.05, 0.1) is 19.3 Å². The number of morpholine rings is 1. The number of hydrogen-bond donors (Lipinski definition) is 1. The van der Waals surface area contributed by atoms with Crippen molar-refractivity contribution < 1.29 is 14.3 Å². The first kappa shape index (κ1) is 11.8. The predicted molar refractivity (Wildman–Crippen MR) is 59.2 cm³/mol. The van der Waals surface area contributed by atoms with E-state index in [1.165, 1.54) is 0 Å². The molecule has 1 amide bonds. The highest BCUT2D eigenvalue weighted by Crippen LogP contribution is 2.06. The van der Waals surface area contributed by atoms with Crippen LogP contribution in [0.25, 0.3) is 0 Å². The third-order valence-electron chi connectivity index (χ3n) is 3.06. The van der Waals surface area contributed by atoms with E-state index in [0.29, 0.717) is 26.3 Å². The molecule has 1 unspecified atom stereocenters. The number of nitrogens with one attached hydrogen (secondary N) is 1. The number of piperidine rings is 1. The second kappa shape index (κ2) is 6.18. The number of amides is 1. The van der Waals surface area contributed by atoms with Gasteiger partial charge in [0.2, 0.25) is 5.91 Å². The van der Waals surface area contributed by atoms with Crippen LogP contribution in [0.2, 0.25) is 0 Å². The van der Waals surface area contributed by atoms with Gasteiger partial charge < -0.3 is 19.7 Å². The topological polar surface area (TPSA) is 50.8 Å². The van der Waals surface area contributed by atoms with Crippen molar-refractivity contribution in [2.45, 2.75) is 18.9 Å². The van der Waals surface area contributed by atoms with Crippen LogP contribution in [-0.2, 0) is 14.3 Å². The standard InChI is InChI=1S/C11H20N2O3/c14-11(13-4-6-15-7-5-13)9-16-10-2-1-3-12-8-10/h10,12H,1-9H2. The predicted octanol–water partition coefficient (Wildman–Crippen LogP) is -0.386. The number of carbonyl (C=O) groups excluding carboxylic acids is 1. The second-order valence-electron chi connectivity index (χ2n) is 4.27. The van der Waals surface area contributed by atoms with Crippen molar-refractivity contribution in [3.05, 3.63) is 0 Å². The van der Waals surface area contributed by atoms with E-state index in [9.17, 15) is 4.79 Å². The Labute approximate surface area is 96.1 Å². The number of hydrogen-bond acceptors (Lipinski definition) is 4. The maximum absolute atomic E-state index is 11.8. The molecule has 2 fully saturated rings. The van der Waals surface area contributed by atoms with Gasteiger partial charge in [-0.25, -0.2) is 0 Å². The Morgan fingerprint density at radius 1 is 1.44 bits per heavy atom. The molecule has 1 atom stereocenters. The molecule has 16 heavy (non-hydrogen) atoms. The van der Waals surface area contributed by atoms with Gasteiger partial charge in [0.25, 0.3) is 0 Å². The van der Waals surface area contributed by atoms with E-state index in [0.717, 1.165) is 25.9 Å². The van der Waals surface area contributed by atoms with Crippen LogP contribution in [0, 0.1) is 0 Å². The lowest BCUT2D eigenvalue weighted by molar-refractivity contribution is -0.142. The summed E-state index contributed by atoms with van der Waals surface area (Å²) < 4.78 is 10.8. The average Bonchev–Trinajstić information content (AvgIpc) is 2.38. The normalized spacial score (nSPS) is 26.8. The highest BCUT2D eigenvalue weighted by atomic mass is 16.5. The summed E-state index contributed by atoms with van der Waals surface area (Å²) in [5.41, 5.74) is 0. The molecule has 0 aliphatic carbocycles. The molecule has 0 aromatic carbocycles. The Morgan fingerprint density at radius 2 is 2.25 bits per heavy atom. The fraction of sp³-hybridized carbons (Fsp3) is 0.909. The monoisotopic (exact) mass is 228 g/mol. The van der Waals surface area contributed by atoms with Crippen molar-refractivity contribution in [2.24, 2.45) is 0 Å². The number of rotatable bonds is 3. The second-order valence-corrected chi connectivity index (χ2v) is 4.27. The van der Waals surface area contributed by atoms with Gasteiger partial charge in [-0.05, 0) is 19.4 Å². The van der Waals surface area contributed by atoms with E-state index < -0.39 is 0 Å². The fourth-order valence-electron chi connectivity index (χ4n) is 2.06. The SMILES string of the molecule is O=C(COC1CCCNC1)N1CCOCC1. The van der Waals surface area contributed by atoms with Crippen LogP contribution in [0.5, 0.6) is 0 Å². The van der Waals surface area contributed by atoms with Crippen molar-refractivity contribution in [3.8, 4) is 0 Å². The van der Waals surface area contributed by atoms with Gasteiger partial charge in [0.15, 0.2) is 0 Å². The smallest absolute Gasteiger partial charge is 0.248 e. The summed E-state index contributed by atoms with van der Waals surface area (Å²) in [5, 5.41) is 3.27. The maximum Gasteiger partial charge on any atom is 0.248 e. The highest BCUT2D eigenvalue weighted by Gasteiger charge is 2.19. The Bertz CT molecular complexity index is 223. The summed E-state index contributed by atoms with van der Waals surface area (Å²) in [5.74, 6) is 0.0915. The lowest BCUT2D eigenvalue weighted by atomic mass is 10.1. The van der Waals surface area contributed by atoms with Gasteiger partial charge >= 0.3 is 0 Å². The quantitative estimate of drug-likeness (QED) is 0.715. The van der Waals surface area contributed by atoms with E-state index in [1.54, 1.807) is 0 Å². The molecule has 92 valence electrons. The van der Waals surface area contributed by atoms with Crippen molar-refractivity contribution >= 4 is 5.91 Å². The minimum atomic E-state index is 0.0915. The lowest BCUT2D eigenvalue weighted by Crippen LogP contribution is -2.44. The van der Waals surface area contributed by atoms with Crippen molar-refractivity contribution in [2.75, 3.05) is 46.0 Å². The molecule has 2 rings (SSSR count). The minimum absolute atomic E-state index is 0.0915. The summed E-state index contributed by atoms with van der Waals surface area (Å²) in [6, 6.07) is 0. The molecule has 2 heterocycles. The first-order chi connectivity index (χ1) is 7.86. The van der Waals surface area contributed by atoms with E-state index in [2.05, 4.69) is 5.32 Å². The van der Waals surface area contributed by atoms with Crippen LogP contribution >= 0.6 is 0 Å². The Balaban J connectivity index is 1.65. The van der Waals surface area contributed by atoms with E-state index in [4.69, 9.17) is 9.47 Å². The van der Waals surface area contributed by atoms with Crippen molar-refractivity contribution in [1.29, 1.82) is 0 Å². The first-order valence-corrected chi connectivity index (χ1v) is 6.04. The van der Waals surface area contributed by atoms with Gasteiger partial charge in [0, 0.05) is 19.6 Å². The van der Waals surface area contributed by atoms with Gasteiger partial charge in [-0.2, -0.15) is 0 Å². The van der Waals surface area contributed by atoms with E-state index >= 15 is 0 Å². The molecule has 1 N–H and O–H groups in total. The van der Waals surface area contributed by atoms with Crippen LogP contribution in [0.15, 0.2) is 0 Å². The first-order valence-electron chi connectivity index (χ1n) is 6.04. The summed E-state index contributed by atoms with van der Waals surface area (Å²) in [7, 11) is 0. The maximum atomic E-state index is 11.8. The Hall–Kier alpha value is -0.650. The molecule has 2 saturated heterocycles. The molecule has 2 aliphatic heterocycles. The fourth-order valence-corrected chi connectivity index (χ4v) is 2.06. The molecule has 0 radical (unpaired) electrons. The molecular formula is C11H20N2O3. The number of nitrogens with zero attached hydrogens (tertiary/aromatic N) is 1. The molecule has 0 aromatic heterocycles. The molecule has 0 bridgehead atoms. The number of ether oxygens (including phenoxy) is 2.